The van der Waals surface area contributed by atoms with Crippen LogP contribution < -0.4 is 5.32 Å². The van der Waals surface area contributed by atoms with Crippen LogP contribution in [0.3, 0.4) is 0 Å². The highest BCUT2D eigenvalue weighted by atomic mass is 15.3. The zero-order valence-corrected chi connectivity index (χ0v) is 12.4. The SMILES string of the molecule is Cc1cc(C)n(-c2cccc(CNC(C)(C)C)n2)n1. The van der Waals surface area contributed by atoms with Gasteiger partial charge in [-0.15, -0.1) is 0 Å². The van der Waals surface area contributed by atoms with Crippen molar-refractivity contribution in [3.63, 3.8) is 0 Å². The molecule has 0 amide bonds. The van der Waals surface area contributed by atoms with Crippen LogP contribution in [0.25, 0.3) is 5.82 Å². The van der Waals surface area contributed by atoms with E-state index < -0.39 is 0 Å². The van der Waals surface area contributed by atoms with Gasteiger partial charge in [0.2, 0.25) is 0 Å². The molecule has 0 aliphatic rings. The van der Waals surface area contributed by atoms with Gasteiger partial charge < -0.3 is 5.32 Å². The summed E-state index contributed by atoms with van der Waals surface area (Å²) in [6.07, 6.45) is 0. The maximum absolute atomic E-state index is 4.66. The van der Waals surface area contributed by atoms with E-state index in [4.69, 9.17) is 0 Å². The molecule has 19 heavy (non-hydrogen) atoms. The van der Waals surface area contributed by atoms with Crippen LogP contribution in [0.1, 0.15) is 37.9 Å². The summed E-state index contributed by atoms with van der Waals surface area (Å²) in [5.41, 5.74) is 3.24. The molecule has 2 rings (SSSR count). The standard InChI is InChI=1S/C15H22N4/c1-11-9-12(2)19(18-11)14-8-6-7-13(17-14)10-16-15(3,4)5/h6-9,16H,10H2,1-5H3. The van der Waals surface area contributed by atoms with Gasteiger partial charge in [-0.3, -0.25) is 0 Å². The van der Waals surface area contributed by atoms with Crippen molar-refractivity contribution in [2.24, 2.45) is 0 Å². The molecule has 1 N–H and O–H groups in total. The summed E-state index contributed by atoms with van der Waals surface area (Å²) in [4.78, 5) is 4.66. The lowest BCUT2D eigenvalue weighted by atomic mass is 10.1. The van der Waals surface area contributed by atoms with E-state index in [0.29, 0.717) is 0 Å². The van der Waals surface area contributed by atoms with Crippen molar-refractivity contribution in [2.45, 2.75) is 46.7 Å². The summed E-state index contributed by atoms with van der Waals surface area (Å²) in [5, 5.41) is 7.91. The topological polar surface area (TPSA) is 42.7 Å². The number of aryl methyl sites for hydroxylation is 2. The van der Waals surface area contributed by atoms with Gasteiger partial charge in [0, 0.05) is 17.8 Å². The minimum absolute atomic E-state index is 0.0931. The van der Waals surface area contributed by atoms with E-state index in [-0.39, 0.29) is 5.54 Å². The van der Waals surface area contributed by atoms with Gasteiger partial charge >= 0.3 is 0 Å². The van der Waals surface area contributed by atoms with Crippen molar-refractivity contribution in [1.82, 2.24) is 20.1 Å². The van der Waals surface area contributed by atoms with Crippen molar-refractivity contribution in [3.05, 3.63) is 41.3 Å². The molecule has 102 valence electrons. The fourth-order valence-corrected chi connectivity index (χ4v) is 1.90. The molecule has 0 bridgehead atoms. The molecule has 0 aromatic carbocycles. The van der Waals surface area contributed by atoms with Crippen LogP contribution in [0.15, 0.2) is 24.3 Å². The van der Waals surface area contributed by atoms with E-state index in [1.807, 2.05) is 36.7 Å². The molecule has 2 heterocycles. The van der Waals surface area contributed by atoms with Crippen LogP contribution in [-0.2, 0) is 6.54 Å². The summed E-state index contributed by atoms with van der Waals surface area (Å²) in [6, 6.07) is 8.11. The Kier molecular flexibility index (Phi) is 3.71. The molecular weight excluding hydrogens is 236 g/mol. The smallest absolute Gasteiger partial charge is 0.153 e. The normalized spacial score (nSPS) is 11.8. The fraction of sp³-hybridized carbons (Fsp3) is 0.467. The molecule has 0 fully saturated rings. The number of hydrogen-bond acceptors (Lipinski definition) is 3. The van der Waals surface area contributed by atoms with Crippen LogP contribution in [0.5, 0.6) is 0 Å². The van der Waals surface area contributed by atoms with Crippen molar-refractivity contribution < 1.29 is 0 Å². The lowest BCUT2D eigenvalue weighted by Gasteiger charge is -2.20. The molecule has 2 aromatic rings. The van der Waals surface area contributed by atoms with E-state index in [0.717, 1.165) is 29.4 Å². The first-order valence-corrected chi connectivity index (χ1v) is 6.60. The largest absolute Gasteiger partial charge is 0.306 e. The first-order valence-electron chi connectivity index (χ1n) is 6.60. The first-order chi connectivity index (χ1) is 8.85. The summed E-state index contributed by atoms with van der Waals surface area (Å²) in [6.45, 7) is 11.3. The van der Waals surface area contributed by atoms with Crippen molar-refractivity contribution in [3.8, 4) is 5.82 Å². The van der Waals surface area contributed by atoms with Gasteiger partial charge in [0.25, 0.3) is 0 Å². The third-order valence-electron chi connectivity index (χ3n) is 2.82. The zero-order valence-electron chi connectivity index (χ0n) is 12.4. The number of pyridine rings is 1. The van der Waals surface area contributed by atoms with Crippen LogP contribution >= 0.6 is 0 Å². The number of nitrogens with one attached hydrogen (secondary N) is 1. The lowest BCUT2D eigenvalue weighted by Crippen LogP contribution is -2.35. The van der Waals surface area contributed by atoms with Gasteiger partial charge in [-0.05, 0) is 52.8 Å². The van der Waals surface area contributed by atoms with E-state index in [1.165, 1.54) is 0 Å². The third-order valence-corrected chi connectivity index (χ3v) is 2.82. The molecule has 4 nitrogen and oxygen atoms in total. The quantitative estimate of drug-likeness (QED) is 0.920. The summed E-state index contributed by atoms with van der Waals surface area (Å²) >= 11 is 0. The Morgan fingerprint density at radius 2 is 1.95 bits per heavy atom. The van der Waals surface area contributed by atoms with Gasteiger partial charge in [-0.1, -0.05) is 6.07 Å². The summed E-state index contributed by atoms with van der Waals surface area (Å²) in [7, 11) is 0. The Labute approximate surface area is 114 Å². The van der Waals surface area contributed by atoms with Gasteiger partial charge in [-0.2, -0.15) is 5.10 Å². The second kappa shape index (κ2) is 5.13. The minimum Gasteiger partial charge on any atom is -0.306 e. The molecule has 0 radical (unpaired) electrons. The van der Waals surface area contributed by atoms with Crippen LogP contribution in [0.2, 0.25) is 0 Å². The molecular formula is C15H22N4. The zero-order chi connectivity index (χ0) is 14.0. The van der Waals surface area contributed by atoms with E-state index >= 15 is 0 Å². The third kappa shape index (κ3) is 3.64. The summed E-state index contributed by atoms with van der Waals surface area (Å²) < 4.78 is 1.88. The Morgan fingerprint density at radius 1 is 1.21 bits per heavy atom. The molecule has 0 unspecified atom stereocenters. The molecule has 0 aliphatic carbocycles. The van der Waals surface area contributed by atoms with Crippen molar-refractivity contribution in [2.75, 3.05) is 0 Å². The Hall–Kier alpha value is -1.68. The fourth-order valence-electron chi connectivity index (χ4n) is 1.90. The molecule has 0 atom stereocenters. The van der Waals surface area contributed by atoms with Gasteiger partial charge in [0.05, 0.1) is 11.4 Å². The number of rotatable bonds is 3. The first kappa shape index (κ1) is 13.7. The summed E-state index contributed by atoms with van der Waals surface area (Å²) in [5.74, 6) is 0.874. The predicted molar refractivity (Wildman–Crippen MR) is 77.4 cm³/mol. The van der Waals surface area contributed by atoms with Crippen LogP contribution in [-0.4, -0.2) is 20.3 Å². The predicted octanol–water partition coefficient (Wildman–Crippen LogP) is 2.77. The maximum Gasteiger partial charge on any atom is 0.153 e. The van der Waals surface area contributed by atoms with Crippen LogP contribution in [0, 0.1) is 13.8 Å². The molecule has 0 aliphatic heterocycles. The average molecular weight is 258 g/mol. The average Bonchev–Trinajstić information content (AvgIpc) is 2.65. The lowest BCUT2D eigenvalue weighted by molar-refractivity contribution is 0.421. The highest BCUT2D eigenvalue weighted by Crippen LogP contribution is 2.11. The minimum atomic E-state index is 0.0931. The Balaban J connectivity index is 2.22. The second-order valence-corrected chi connectivity index (χ2v) is 5.93. The Bertz CT molecular complexity index is 564. The van der Waals surface area contributed by atoms with E-state index in [1.54, 1.807) is 0 Å². The van der Waals surface area contributed by atoms with Crippen molar-refractivity contribution in [1.29, 1.82) is 0 Å². The van der Waals surface area contributed by atoms with Gasteiger partial charge in [0.15, 0.2) is 5.82 Å². The number of aromatic nitrogens is 3. The monoisotopic (exact) mass is 258 g/mol. The highest BCUT2D eigenvalue weighted by Gasteiger charge is 2.10. The molecule has 2 aromatic heterocycles. The number of hydrogen-bond donors (Lipinski definition) is 1. The Morgan fingerprint density at radius 3 is 2.53 bits per heavy atom. The number of nitrogens with zero attached hydrogens (tertiary/aromatic N) is 3. The van der Waals surface area contributed by atoms with Crippen LogP contribution in [0.4, 0.5) is 0 Å². The molecule has 0 spiro atoms. The van der Waals surface area contributed by atoms with Crippen molar-refractivity contribution >= 4 is 0 Å². The maximum atomic E-state index is 4.66. The molecule has 4 heteroatoms. The van der Waals surface area contributed by atoms with Gasteiger partial charge in [-0.25, -0.2) is 9.67 Å². The molecule has 0 saturated carbocycles. The van der Waals surface area contributed by atoms with E-state index in [9.17, 15) is 0 Å². The van der Waals surface area contributed by atoms with E-state index in [2.05, 4.69) is 42.2 Å². The second-order valence-electron chi connectivity index (χ2n) is 5.93. The highest BCUT2D eigenvalue weighted by molar-refractivity contribution is 5.27. The molecule has 0 saturated heterocycles. The van der Waals surface area contributed by atoms with Gasteiger partial charge in [0.1, 0.15) is 0 Å².